The predicted octanol–water partition coefficient (Wildman–Crippen LogP) is 2.07. The zero-order chi connectivity index (χ0) is 17.5. The van der Waals surface area contributed by atoms with Crippen LogP contribution in [0.15, 0.2) is 18.2 Å². The molecule has 1 atom stereocenters. The number of nitro benzene ring substituents is 1. The van der Waals surface area contributed by atoms with Gasteiger partial charge in [0.05, 0.1) is 4.92 Å². The molecule has 1 saturated heterocycles. The van der Waals surface area contributed by atoms with Crippen molar-refractivity contribution in [1.29, 1.82) is 0 Å². The van der Waals surface area contributed by atoms with Crippen LogP contribution >= 0.6 is 11.6 Å². The van der Waals surface area contributed by atoms with Gasteiger partial charge >= 0.3 is 0 Å². The van der Waals surface area contributed by atoms with E-state index in [0.29, 0.717) is 31.1 Å². The molecule has 24 heavy (non-hydrogen) atoms. The maximum atomic E-state index is 11.6. The largest absolute Gasteiger partial charge is 0.354 e. The number of nitro groups is 1. The summed E-state index contributed by atoms with van der Waals surface area (Å²) < 4.78 is 0. The Morgan fingerprint density at radius 1 is 1.46 bits per heavy atom. The number of hydrogen-bond donors (Lipinski definition) is 2. The zero-order valence-electron chi connectivity index (χ0n) is 13.5. The molecule has 0 aliphatic carbocycles. The Labute approximate surface area is 146 Å². The Morgan fingerprint density at radius 3 is 2.96 bits per heavy atom. The van der Waals surface area contributed by atoms with E-state index in [4.69, 9.17) is 17.3 Å². The number of nitrogens with zero attached hydrogens (tertiary/aromatic N) is 2. The van der Waals surface area contributed by atoms with Gasteiger partial charge in [0.25, 0.3) is 5.69 Å². The molecular weight excluding hydrogens is 332 g/mol. The summed E-state index contributed by atoms with van der Waals surface area (Å²) in [6, 6.07) is 4.71. The van der Waals surface area contributed by atoms with E-state index < -0.39 is 4.92 Å². The van der Waals surface area contributed by atoms with Crippen LogP contribution in [0.5, 0.6) is 0 Å². The molecule has 7 nitrogen and oxygen atoms in total. The first kappa shape index (κ1) is 18.6. The molecule has 1 heterocycles. The highest BCUT2D eigenvalue weighted by Gasteiger charge is 2.24. The van der Waals surface area contributed by atoms with E-state index in [2.05, 4.69) is 10.2 Å². The zero-order valence-corrected chi connectivity index (χ0v) is 14.3. The van der Waals surface area contributed by atoms with E-state index >= 15 is 0 Å². The van der Waals surface area contributed by atoms with Crippen LogP contribution < -0.4 is 11.1 Å². The average Bonchev–Trinajstić information content (AvgIpc) is 2.56. The highest BCUT2D eigenvalue weighted by Crippen LogP contribution is 2.26. The van der Waals surface area contributed by atoms with Crippen LogP contribution in [0, 0.1) is 10.1 Å². The number of amides is 1. The van der Waals surface area contributed by atoms with Crippen molar-refractivity contribution in [1.82, 2.24) is 10.2 Å². The summed E-state index contributed by atoms with van der Waals surface area (Å²) in [6.45, 7) is 2.32. The van der Waals surface area contributed by atoms with E-state index in [0.717, 1.165) is 31.4 Å². The van der Waals surface area contributed by atoms with Gasteiger partial charge in [-0.05, 0) is 31.0 Å². The van der Waals surface area contributed by atoms with Crippen molar-refractivity contribution in [2.45, 2.75) is 38.3 Å². The first-order valence-electron chi connectivity index (χ1n) is 8.15. The first-order chi connectivity index (χ1) is 11.5. The van der Waals surface area contributed by atoms with Crippen molar-refractivity contribution in [3.8, 4) is 0 Å². The number of nitrogens with one attached hydrogen (secondary N) is 1. The number of nitrogens with two attached hydrogens (primary N) is 1. The quantitative estimate of drug-likeness (QED) is 0.576. The molecule has 0 bridgehead atoms. The second kappa shape index (κ2) is 8.96. The minimum Gasteiger partial charge on any atom is -0.354 e. The molecule has 0 aromatic heterocycles. The smallest absolute Gasteiger partial charge is 0.269 e. The van der Waals surface area contributed by atoms with Crippen molar-refractivity contribution in [3.63, 3.8) is 0 Å². The van der Waals surface area contributed by atoms with Gasteiger partial charge in [-0.3, -0.25) is 19.8 Å². The van der Waals surface area contributed by atoms with Crippen LogP contribution in [0.2, 0.25) is 5.02 Å². The summed E-state index contributed by atoms with van der Waals surface area (Å²) in [5.74, 6) is -0.0450. The monoisotopic (exact) mass is 354 g/mol. The van der Waals surface area contributed by atoms with E-state index in [9.17, 15) is 14.9 Å². The van der Waals surface area contributed by atoms with Gasteiger partial charge in [-0.2, -0.15) is 0 Å². The SMILES string of the molecule is NCCC(=O)NCC1CCCCN1Cc1cc([N+](=O)[O-])ccc1Cl. The molecular formula is C16H23ClN4O3. The van der Waals surface area contributed by atoms with Gasteiger partial charge in [-0.25, -0.2) is 0 Å². The molecule has 1 aliphatic heterocycles. The molecule has 3 N–H and O–H groups in total. The minimum atomic E-state index is -0.416. The van der Waals surface area contributed by atoms with Gasteiger partial charge < -0.3 is 11.1 Å². The van der Waals surface area contributed by atoms with Crippen molar-refractivity contribution in [2.75, 3.05) is 19.6 Å². The molecule has 2 rings (SSSR count). The number of likely N-dealkylation sites (tertiary alicyclic amines) is 1. The van der Waals surface area contributed by atoms with Gasteiger partial charge in [-0.1, -0.05) is 18.0 Å². The lowest BCUT2D eigenvalue weighted by Crippen LogP contribution is -2.46. The summed E-state index contributed by atoms with van der Waals surface area (Å²) in [7, 11) is 0. The predicted molar refractivity (Wildman–Crippen MR) is 92.8 cm³/mol. The Bertz CT molecular complexity index is 597. The number of piperidine rings is 1. The molecule has 0 saturated carbocycles. The number of carbonyl (C=O) groups excluding carboxylic acids is 1. The molecule has 8 heteroatoms. The lowest BCUT2D eigenvalue weighted by molar-refractivity contribution is -0.384. The number of hydrogen-bond acceptors (Lipinski definition) is 5. The molecule has 1 aromatic rings. The fraction of sp³-hybridized carbons (Fsp3) is 0.562. The third kappa shape index (κ3) is 5.15. The van der Waals surface area contributed by atoms with Gasteiger partial charge in [0.2, 0.25) is 5.91 Å². The normalized spacial score (nSPS) is 18.3. The van der Waals surface area contributed by atoms with Gasteiger partial charge in [0, 0.05) is 49.3 Å². The van der Waals surface area contributed by atoms with Crippen LogP contribution in [0.1, 0.15) is 31.2 Å². The second-order valence-corrected chi connectivity index (χ2v) is 6.40. The molecule has 1 amide bonds. The Kier molecular flexibility index (Phi) is 6.96. The third-order valence-electron chi connectivity index (χ3n) is 4.27. The first-order valence-corrected chi connectivity index (χ1v) is 8.52. The molecule has 132 valence electrons. The number of rotatable bonds is 7. The van der Waals surface area contributed by atoms with Gasteiger partial charge in [-0.15, -0.1) is 0 Å². The molecule has 0 radical (unpaired) electrons. The lowest BCUT2D eigenvalue weighted by Gasteiger charge is -2.36. The van der Waals surface area contributed by atoms with Crippen LogP contribution in [0.3, 0.4) is 0 Å². The van der Waals surface area contributed by atoms with E-state index in [-0.39, 0.29) is 17.6 Å². The number of benzene rings is 1. The molecule has 1 aliphatic rings. The average molecular weight is 355 g/mol. The highest BCUT2D eigenvalue weighted by molar-refractivity contribution is 6.31. The van der Waals surface area contributed by atoms with E-state index in [1.165, 1.54) is 12.1 Å². The van der Waals surface area contributed by atoms with Crippen LogP contribution in [-0.2, 0) is 11.3 Å². The summed E-state index contributed by atoms with van der Waals surface area (Å²) in [5.41, 5.74) is 6.16. The summed E-state index contributed by atoms with van der Waals surface area (Å²) in [5, 5.41) is 14.4. The second-order valence-electron chi connectivity index (χ2n) is 6.00. The standard InChI is InChI=1S/C16H23ClN4O3/c17-15-5-4-13(21(23)24)9-12(15)11-20-8-2-1-3-14(20)10-19-16(22)6-7-18/h4-5,9,14H,1-3,6-8,10-11,18H2,(H,19,22). The Morgan fingerprint density at radius 2 is 2.25 bits per heavy atom. The third-order valence-corrected chi connectivity index (χ3v) is 4.64. The number of halogens is 1. The van der Waals surface area contributed by atoms with E-state index in [1.54, 1.807) is 6.07 Å². The fourth-order valence-electron chi connectivity index (χ4n) is 2.97. The van der Waals surface area contributed by atoms with Crippen molar-refractivity contribution in [2.24, 2.45) is 5.73 Å². The molecule has 0 spiro atoms. The number of non-ortho nitro benzene ring substituents is 1. The highest BCUT2D eigenvalue weighted by atomic mass is 35.5. The molecule has 1 aromatic carbocycles. The summed E-state index contributed by atoms with van der Waals surface area (Å²) >= 11 is 6.20. The molecule has 1 fully saturated rings. The van der Waals surface area contributed by atoms with Gasteiger partial charge in [0.1, 0.15) is 0 Å². The maximum Gasteiger partial charge on any atom is 0.269 e. The van der Waals surface area contributed by atoms with Crippen LogP contribution in [0.25, 0.3) is 0 Å². The maximum absolute atomic E-state index is 11.6. The van der Waals surface area contributed by atoms with Crippen LogP contribution in [0.4, 0.5) is 5.69 Å². The fourth-order valence-corrected chi connectivity index (χ4v) is 3.14. The van der Waals surface area contributed by atoms with Crippen molar-refractivity contribution >= 4 is 23.2 Å². The van der Waals surface area contributed by atoms with Crippen LogP contribution in [-0.4, -0.2) is 41.4 Å². The lowest BCUT2D eigenvalue weighted by atomic mass is 10.0. The molecule has 1 unspecified atom stereocenters. The summed E-state index contributed by atoms with van der Waals surface area (Å²) in [4.78, 5) is 24.4. The van der Waals surface area contributed by atoms with Crippen molar-refractivity contribution < 1.29 is 9.72 Å². The van der Waals surface area contributed by atoms with E-state index in [1.807, 2.05) is 0 Å². The van der Waals surface area contributed by atoms with Crippen molar-refractivity contribution in [3.05, 3.63) is 38.9 Å². The summed E-state index contributed by atoms with van der Waals surface area (Å²) in [6.07, 6.45) is 3.48. The number of carbonyl (C=O) groups is 1. The Hall–Kier alpha value is -1.70. The Balaban J connectivity index is 2.04. The minimum absolute atomic E-state index is 0.0409. The topological polar surface area (TPSA) is 102 Å². The van der Waals surface area contributed by atoms with Gasteiger partial charge in [0.15, 0.2) is 0 Å².